The number of hydrogen-bond acceptors (Lipinski definition) is 3. The van der Waals surface area contributed by atoms with Gasteiger partial charge < -0.3 is 5.73 Å². The van der Waals surface area contributed by atoms with Crippen LogP contribution in [0.2, 0.25) is 0 Å². The lowest BCUT2D eigenvalue weighted by Crippen LogP contribution is -2.15. The highest BCUT2D eigenvalue weighted by molar-refractivity contribution is 7.92. The lowest BCUT2D eigenvalue weighted by molar-refractivity contribution is 0.557. The van der Waals surface area contributed by atoms with Crippen LogP contribution in [0.4, 0.5) is 20.2 Å². The number of halogens is 2. The van der Waals surface area contributed by atoms with Crippen molar-refractivity contribution in [1.82, 2.24) is 0 Å². The predicted octanol–water partition coefficient (Wildman–Crippen LogP) is 2.35. The second-order valence-electron chi connectivity index (χ2n) is 3.74. The fraction of sp³-hybridized carbons (Fsp3) is 0. The number of para-hydroxylation sites is 1. The summed E-state index contributed by atoms with van der Waals surface area (Å²) in [4.78, 5) is -0.699. The molecule has 0 radical (unpaired) electrons. The summed E-state index contributed by atoms with van der Waals surface area (Å²) in [6, 6.07) is 9.57. The molecule has 19 heavy (non-hydrogen) atoms. The molecule has 4 nitrogen and oxygen atoms in total. The number of sulfonamides is 1. The van der Waals surface area contributed by atoms with Crippen LogP contribution in [0.3, 0.4) is 0 Å². The van der Waals surface area contributed by atoms with E-state index < -0.39 is 32.2 Å². The third kappa shape index (κ3) is 2.65. The lowest BCUT2D eigenvalue weighted by atomic mass is 10.3. The van der Waals surface area contributed by atoms with E-state index in [1.807, 2.05) is 0 Å². The van der Waals surface area contributed by atoms with Gasteiger partial charge >= 0.3 is 0 Å². The zero-order valence-electron chi connectivity index (χ0n) is 9.60. The van der Waals surface area contributed by atoms with E-state index in [9.17, 15) is 17.2 Å². The Morgan fingerprint density at radius 2 is 1.63 bits per heavy atom. The van der Waals surface area contributed by atoms with Crippen LogP contribution in [0.25, 0.3) is 0 Å². The molecule has 2 aromatic carbocycles. The normalized spacial score (nSPS) is 11.3. The highest BCUT2D eigenvalue weighted by Crippen LogP contribution is 2.24. The molecule has 0 spiro atoms. The van der Waals surface area contributed by atoms with Crippen molar-refractivity contribution in [2.75, 3.05) is 10.5 Å². The van der Waals surface area contributed by atoms with Gasteiger partial charge in [0.05, 0.1) is 0 Å². The monoisotopic (exact) mass is 284 g/mol. The van der Waals surface area contributed by atoms with Crippen LogP contribution < -0.4 is 10.5 Å². The Bertz CT molecular complexity index is 703. The molecule has 2 aromatic rings. The van der Waals surface area contributed by atoms with Crippen molar-refractivity contribution < 1.29 is 17.2 Å². The van der Waals surface area contributed by atoms with Gasteiger partial charge in [0.1, 0.15) is 16.4 Å². The summed E-state index contributed by atoms with van der Waals surface area (Å²) in [5, 5.41) is 0. The average molecular weight is 284 g/mol. The number of nitrogen functional groups attached to an aromatic ring is 1. The van der Waals surface area contributed by atoms with Gasteiger partial charge in [-0.2, -0.15) is 0 Å². The first-order valence-corrected chi connectivity index (χ1v) is 6.71. The molecule has 0 unspecified atom stereocenters. The molecule has 0 aliphatic heterocycles. The van der Waals surface area contributed by atoms with Crippen LogP contribution in [0.5, 0.6) is 0 Å². The van der Waals surface area contributed by atoms with E-state index in [1.165, 1.54) is 12.1 Å². The molecule has 7 heteroatoms. The van der Waals surface area contributed by atoms with Gasteiger partial charge in [0, 0.05) is 5.69 Å². The topological polar surface area (TPSA) is 72.2 Å². The third-order valence-electron chi connectivity index (χ3n) is 2.41. The Morgan fingerprint density at radius 3 is 2.26 bits per heavy atom. The molecule has 100 valence electrons. The van der Waals surface area contributed by atoms with Gasteiger partial charge in [-0.25, -0.2) is 17.2 Å². The molecule has 2 rings (SSSR count). The van der Waals surface area contributed by atoms with Gasteiger partial charge in [0.15, 0.2) is 5.82 Å². The van der Waals surface area contributed by atoms with Gasteiger partial charge in [-0.3, -0.25) is 4.72 Å². The first-order valence-electron chi connectivity index (χ1n) is 5.23. The van der Waals surface area contributed by atoms with Crippen molar-refractivity contribution >= 4 is 21.4 Å². The molecule has 0 aliphatic rings. The van der Waals surface area contributed by atoms with E-state index in [2.05, 4.69) is 4.72 Å². The Kier molecular flexibility index (Phi) is 3.39. The summed E-state index contributed by atoms with van der Waals surface area (Å²) in [5.74, 6) is -2.31. The minimum Gasteiger partial charge on any atom is -0.394 e. The first kappa shape index (κ1) is 13.3. The number of anilines is 2. The number of nitrogens with two attached hydrogens (primary N) is 1. The largest absolute Gasteiger partial charge is 0.394 e. The molecule has 0 saturated heterocycles. The molecule has 0 fully saturated rings. The molecule has 0 heterocycles. The average Bonchev–Trinajstić information content (AvgIpc) is 2.36. The van der Waals surface area contributed by atoms with Crippen molar-refractivity contribution in [3.63, 3.8) is 0 Å². The molecule has 0 amide bonds. The molecule has 0 atom stereocenters. The number of nitrogens with one attached hydrogen (secondary N) is 1. The van der Waals surface area contributed by atoms with Gasteiger partial charge in [-0.05, 0) is 24.3 Å². The zero-order valence-corrected chi connectivity index (χ0v) is 10.4. The van der Waals surface area contributed by atoms with E-state index in [-0.39, 0.29) is 5.69 Å². The molecule has 0 aromatic heterocycles. The minimum atomic E-state index is -4.15. The Labute approximate surface area is 108 Å². The molecular formula is C12H10F2N2O2S. The Morgan fingerprint density at radius 1 is 1.00 bits per heavy atom. The number of benzene rings is 2. The standard InChI is InChI=1S/C12H10F2N2O2S/c13-9-6-7-10(11(14)12(9)15)19(17,18)16-8-4-2-1-3-5-8/h1-7,16H,15H2. The van der Waals surface area contributed by atoms with Crippen LogP contribution in [0.1, 0.15) is 0 Å². The fourth-order valence-corrected chi connectivity index (χ4v) is 2.62. The van der Waals surface area contributed by atoms with Gasteiger partial charge in [-0.15, -0.1) is 0 Å². The summed E-state index contributed by atoms with van der Waals surface area (Å²) in [6.45, 7) is 0. The Balaban J connectivity index is 2.44. The smallest absolute Gasteiger partial charge is 0.264 e. The summed E-state index contributed by atoms with van der Waals surface area (Å²) < 4.78 is 52.8. The highest BCUT2D eigenvalue weighted by atomic mass is 32.2. The number of rotatable bonds is 3. The van der Waals surface area contributed by atoms with Crippen LogP contribution in [0, 0.1) is 11.6 Å². The van der Waals surface area contributed by atoms with Gasteiger partial charge in [0.25, 0.3) is 10.0 Å². The Hall–Kier alpha value is -2.15. The first-order chi connectivity index (χ1) is 8.92. The van der Waals surface area contributed by atoms with Crippen LogP contribution in [-0.4, -0.2) is 8.42 Å². The predicted molar refractivity (Wildman–Crippen MR) is 68.0 cm³/mol. The second-order valence-corrected chi connectivity index (χ2v) is 5.40. The van der Waals surface area contributed by atoms with Crippen molar-refractivity contribution in [3.8, 4) is 0 Å². The van der Waals surface area contributed by atoms with E-state index >= 15 is 0 Å². The molecule has 0 saturated carbocycles. The second kappa shape index (κ2) is 4.85. The van der Waals surface area contributed by atoms with Crippen molar-refractivity contribution in [1.29, 1.82) is 0 Å². The van der Waals surface area contributed by atoms with Crippen LogP contribution >= 0.6 is 0 Å². The zero-order chi connectivity index (χ0) is 14.0. The maximum absolute atomic E-state index is 13.7. The maximum atomic E-state index is 13.7. The summed E-state index contributed by atoms with van der Waals surface area (Å²) in [5.41, 5.74) is 4.58. The summed E-state index contributed by atoms with van der Waals surface area (Å²) in [6.07, 6.45) is 0. The van der Waals surface area contributed by atoms with Crippen LogP contribution in [-0.2, 0) is 10.0 Å². The van der Waals surface area contributed by atoms with Gasteiger partial charge in [-0.1, -0.05) is 18.2 Å². The molecule has 0 bridgehead atoms. The summed E-state index contributed by atoms with van der Waals surface area (Å²) >= 11 is 0. The summed E-state index contributed by atoms with van der Waals surface area (Å²) in [7, 11) is -4.15. The fourth-order valence-electron chi connectivity index (χ4n) is 1.47. The van der Waals surface area contributed by atoms with E-state index in [4.69, 9.17) is 5.73 Å². The van der Waals surface area contributed by atoms with E-state index in [0.29, 0.717) is 0 Å². The third-order valence-corrected chi connectivity index (χ3v) is 3.81. The quantitative estimate of drug-likeness (QED) is 0.850. The van der Waals surface area contributed by atoms with Crippen molar-refractivity contribution in [2.24, 2.45) is 0 Å². The maximum Gasteiger partial charge on any atom is 0.264 e. The minimum absolute atomic E-state index is 0.268. The molecule has 0 aliphatic carbocycles. The highest BCUT2D eigenvalue weighted by Gasteiger charge is 2.22. The van der Waals surface area contributed by atoms with Crippen LogP contribution in [0.15, 0.2) is 47.4 Å². The SMILES string of the molecule is Nc1c(F)ccc(S(=O)(=O)Nc2ccccc2)c1F. The van der Waals surface area contributed by atoms with Crippen molar-refractivity contribution in [2.45, 2.75) is 4.90 Å². The lowest BCUT2D eigenvalue weighted by Gasteiger charge is -2.10. The van der Waals surface area contributed by atoms with Crippen molar-refractivity contribution in [3.05, 3.63) is 54.1 Å². The van der Waals surface area contributed by atoms with E-state index in [1.54, 1.807) is 18.2 Å². The molecular weight excluding hydrogens is 274 g/mol. The van der Waals surface area contributed by atoms with E-state index in [0.717, 1.165) is 12.1 Å². The number of hydrogen-bond donors (Lipinski definition) is 2. The molecule has 3 N–H and O–H groups in total. The van der Waals surface area contributed by atoms with Gasteiger partial charge in [0.2, 0.25) is 0 Å².